The molecule has 4 heteroatoms. The molecule has 1 aromatic carbocycles. The second-order valence-electron chi connectivity index (χ2n) is 4.58. The van der Waals surface area contributed by atoms with Gasteiger partial charge in [-0.2, -0.15) is 0 Å². The normalized spacial score (nSPS) is 21.6. The molecular formula is C14H17NO3. The Morgan fingerprint density at radius 2 is 2.00 bits per heavy atom. The molecule has 1 aromatic rings. The van der Waals surface area contributed by atoms with Gasteiger partial charge in [0.05, 0.1) is 13.5 Å². The van der Waals surface area contributed by atoms with E-state index in [9.17, 15) is 9.59 Å². The van der Waals surface area contributed by atoms with E-state index >= 15 is 0 Å². The monoisotopic (exact) mass is 247 g/mol. The lowest BCUT2D eigenvalue weighted by Gasteiger charge is -2.23. The van der Waals surface area contributed by atoms with Crippen molar-refractivity contribution < 1.29 is 14.3 Å². The van der Waals surface area contributed by atoms with Gasteiger partial charge in [-0.15, -0.1) is 0 Å². The standard InChI is InChI=1S/C14H17NO3/c1-9-12(8-14(17)18-3)11-6-4-5-7-13(11)15(9)10(2)16/h4-7,9,12H,8H2,1-3H3. The second kappa shape index (κ2) is 4.80. The van der Waals surface area contributed by atoms with Crippen LogP contribution >= 0.6 is 0 Å². The summed E-state index contributed by atoms with van der Waals surface area (Å²) in [4.78, 5) is 25.0. The van der Waals surface area contributed by atoms with Crippen LogP contribution in [0.3, 0.4) is 0 Å². The van der Waals surface area contributed by atoms with Gasteiger partial charge in [-0.1, -0.05) is 18.2 Å². The van der Waals surface area contributed by atoms with Gasteiger partial charge in [0.1, 0.15) is 0 Å². The van der Waals surface area contributed by atoms with Crippen molar-refractivity contribution in [3.05, 3.63) is 29.8 Å². The number of anilines is 1. The summed E-state index contributed by atoms with van der Waals surface area (Å²) in [6, 6.07) is 7.72. The van der Waals surface area contributed by atoms with Crippen molar-refractivity contribution in [3.63, 3.8) is 0 Å². The molecule has 0 fully saturated rings. The zero-order valence-electron chi connectivity index (χ0n) is 10.8. The molecule has 18 heavy (non-hydrogen) atoms. The van der Waals surface area contributed by atoms with Crippen LogP contribution in [-0.2, 0) is 14.3 Å². The minimum absolute atomic E-state index is 0.00214. The maximum atomic E-state index is 11.7. The number of methoxy groups -OCH3 is 1. The fraction of sp³-hybridized carbons (Fsp3) is 0.429. The molecule has 2 atom stereocenters. The largest absolute Gasteiger partial charge is 0.469 e. The first-order valence-electron chi connectivity index (χ1n) is 6.01. The summed E-state index contributed by atoms with van der Waals surface area (Å²) in [5.41, 5.74) is 1.96. The van der Waals surface area contributed by atoms with E-state index in [1.165, 1.54) is 7.11 Å². The molecule has 0 saturated carbocycles. The number of para-hydroxylation sites is 1. The van der Waals surface area contributed by atoms with E-state index in [2.05, 4.69) is 0 Å². The maximum Gasteiger partial charge on any atom is 0.306 e. The molecule has 0 radical (unpaired) electrons. The van der Waals surface area contributed by atoms with Crippen LogP contribution in [0.15, 0.2) is 24.3 Å². The van der Waals surface area contributed by atoms with Gasteiger partial charge >= 0.3 is 5.97 Å². The predicted molar refractivity (Wildman–Crippen MR) is 68.4 cm³/mol. The van der Waals surface area contributed by atoms with Gasteiger partial charge in [-0.3, -0.25) is 9.59 Å². The first-order valence-corrected chi connectivity index (χ1v) is 6.01. The summed E-state index contributed by atoms with van der Waals surface area (Å²) in [6.07, 6.45) is 0.304. The van der Waals surface area contributed by atoms with Gasteiger partial charge in [0.15, 0.2) is 0 Å². The van der Waals surface area contributed by atoms with E-state index in [0.29, 0.717) is 6.42 Å². The van der Waals surface area contributed by atoms with Crippen molar-refractivity contribution in [2.75, 3.05) is 12.0 Å². The van der Waals surface area contributed by atoms with Gasteiger partial charge in [0, 0.05) is 24.6 Å². The molecule has 2 unspecified atom stereocenters. The molecular weight excluding hydrogens is 230 g/mol. The van der Waals surface area contributed by atoms with Crippen molar-refractivity contribution in [2.45, 2.75) is 32.2 Å². The van der Waals surface area contributed by atoms with Crippen molar-refractivity contribution >= 4 is 17.6 Å². The Hall–Kier alpha value is -1.84. The molecule has 0 saturated heterocycles. The molecule has 1 heterocycles. The van der Waals surface area contributed by atoms with Crippen LogP contribution in [0.25, 0.3) is 0 Å². The number of amides is 1. The van der Waals surface area contributed by atoms with Gasteiger partial charge in [-0.25, -0.2) is 0 Å². The topological polar surface area (TPSA) is 46.6 Å². The lowest BCUT2D eigenvalue weighted by atomic mass is 9.93. The molecule has 2 rings (SSSR count). The Labute approximate surface area is 107 Å². The summed E-state index contributed by atoms with van der Waals surface area (Å²) in [7, 11) is 1.39. The van der Waals surface area contributed by atoms with E-state index in [0.717, 1.165) is 11.3 Å². The van der Waals surface area contributed by atoms with Crippen LogP contribution in [0.5, 0.6) is 0 Å². The van der Waals surface area contributed by atoms with Crippen LogP contribution in [0, 0.1) is 0 Å². The van der Waals surface area contributed by atoms with Crippen molar-refractivity contribution in [2.24, 2.45) is 0 Å². The Morgan fingerprint density at radius 3 is 2.61 bits per heavy atom. The third-order valence-electron chi connectivity index (χ3n) is 3.54. The number of esters is 1. The Bertz CT molecular complexity index is 484. The molecule has 96 valence electrons. The number of fused-ring (bicyclic) bond motifs is 1. The fourth-order valence-electron chi connectivity index (χ4n) is 2.68. The number of benzene rings is 1. The molecule has 4 nitrogen and oxygen atoms in total. The average Bonchev–Trinajstić information content (AvgIpc) is 2.62. The third-order valence-corrected chi connectivity index (χ3v) is 3.54. The number of carbonyl (C=O) groups is 2. The quantitative estimate of drug-likeness (QED) is 0.752. The Balaban J connectivity index is 2.38. The lowest BCUT2D eigenvalue weighted by molar-refractivity contribution is -0.141. The summed E-state index contributed by atoms with van der Waals surface area (Å²) in [5.74, 6) is -0.230. The molecule has 1 aliphatic rings. The fourth-order valence-corrected chi connectivity index (χ4v) is 2.68. The van der Waals surface area contributed by atoms with E-state index in [1.54, 1.807) is 11.8 Å². The van der Waals surface area contributed by atoms with Gasteiger partial charge in [0.2, 0.25) is 5.91 Å². The molecule has 0 aromatic heterocycles. The lowest BCUT2D eigenvalue weighted by Crippen LogP contribution is -2.36. The summed E-state index contributed by atoms with van der Waals surface area (Å²) in [5, 5.41) is 0. The molecule has 0 N–H and O–H groups in total. The first kappa shape index (κ1) is 12.6. The van der Waals surface area contributed by atoms with Crippen LogP contribution in [0.4, 0.5) is 5.69 Å². The highest BCUT2D eigenvalue weighted by Gasteiger charge is 2.38. The van der Waals surface area contributed by atoms with E-state index in [-0.39, 0.29) is 23.8 Å². The Morgan fingerprint density at radius 1 is 1.33 bits per heavy atom. The maximum absolute atomic E-state index is 11.7. The van der Waals surface area contributed by atoms with Crippen molar-refractivity contribution in [1.29, 1.82) is 0 Å². The second-order valence-corrected chi connectivity index (χ2v) is 4.58. The number of ether oxygens (including phenoxy) is 1. The molecule has 1 aliphatic heterocycles. The van der Waals surface area contributed by atoms with E-state index in [1.807, 2.05) is 31.2 Å². The number of hydrogen-bond acceptors (Lipinski definition) is 3. The SMILES string of the molecule is COC(=O)CC1c2ccccc2N(C(C)=O)C1C. The van der Waals surface area contributed by atoms with E-state index in [4.69, 9.17) is 4.74 Å². The highest BCUT2D eigenvalue weighted by Crippen LogP contribution is 2.42. The third kappa shape index (κ3) is 1.98. The van der Waals surface area contributed by atoms with E-state index < -0.39 is 0 Å². The van der Waals surface area contributed by atoms with Crippen LogP contribution in [0.1, 0.15) is 31.7 Å². The summed E-state index contributed by atoms with van der Waals surface area (Å²) < 4.78 is 4.73. The number of hydrogen-bond donors (Lipinski definition) is 0. The highest BCUT2D eigenvalue weighted by atomic mass is 16.5. The zero-order chi connectivity index (χ0) is 13.3. The number of carbonyl (C=O) groups excluding carboxylic acids is 2. The van der Waals surface area contributed by atoms with Crippen molar-refractivity contribution in [3.8, 4) is 0 Å². The van der Waals surface area contributed by atoms with Crippen LogP contribution < -0.4 is 4.90 Å². The minimum Gasteiger partial charge on any atom is -0.469 e. The Kier molecular flexibility index (Phi) is 3.36. The van der Waals surface area contributed by atoms with Gasteiger partial charge in [-0.05, 0) is 18.6 Å². The van der Waals surface area contributed by atoms with Crippen LogP contribution in [-0.4, -0.2) is 25.0 Å². The molecule has 0 bridgehead atoms. The van der Waals surface area contributed by atoms with Crippen molar-refractivity contribution in [1.82, 2.24) is 0 Å². The minimum atomic E-state index is -0.243. The van der Waals surface area contributed by atoms with Gasteiger partial charge in [0.25, 0.3) is 0 Å². The molecule has 0 aliphatic carbocycles. The van der Waals surface area contributed by atoms with Gasteiger partial charge < -0.3 is 9.64 Å². The highest BCUT2D eigenvalue weighted by molar-refractivity contribution is 5.95. The first-order chi connectivity index (χ1) is 8.56. The number of rotatable bonds is 2. The summed E-state index contributed by atoms with van der Waals surface area (Å²) >= 11 is 0. The predicted octanol–water partition coefficient (Wildman–Crippen LogP) is 2.09. The average molecular weight is 247 g/mol. The van der Waals surface area contributed by atoms with Crippen LogP contribution in [0.2, 0.25) is 0 Å². The molecule has 1 amide bonds. The smallest absolute Gasteiger partial charge is 0.306 e. The zero-order valence-corrected chi connectivity index (χ0v) is 10.8. The summed E-state index contributed by atoms with van der Waals surface area (Å²) in [6.45, 7) is 3.52. The molecule has 0 spiro atoms. The number of nitrogens with zero attached hydrogens (tertiary/aromatic N) is 1.